The van der Waals surface area contributed by atoms with Crippen molar-refractivity contribution >= 4 is 191 Å². The molecule has 0 fully saturated rings. The van der Waals surface area contributed by atoms with Gasteiger partial charge < -0.3 is 0 Å². The van der Waals surface area contributed by atoms with Crippen LogP contribution in [0.15, 0.2) is 53.2 Å². The fourth-order valence-electron chi connectivity index (χ4n) is 6.72. The van der Waals surface area contributed by atoms with E-state index in [1.54, 1.807) is 4.88 Å². The fraction of sp³-hybridized carbons (Fsp3) is 0.167. The summed E-state index contributed by atoms with van der Waals surface area (Å²) in [4.78, 5) is 7.24. The molecular weight excluding hydrogens is 753 g/mol. The van der Waals surface area contributed by atoms with Gasteiger partial charge in [0.25, 0.3) is 0 Å². The molecule has 10 aromatic heterocycles. The van der Waals surface area contributed by atoms with Crippen LogP contribution in [0.3, 0.4) is 0 Å². The second kappa shape index (κ2) is 10.6. The van der Waals surface area contributed by atoms with E-state index in [9.17, 15) is 0 Å². The van der Waals surface area contributed by atoms with E-state index in [2.05, 4.69) is 71.5 Å². The zero-order valence-electron chi connectivity index (χ0n) is 24.3. The van der Waals surface area contributed by atoms with Crippen LogP contribution in [0.5, 0.6) is 0 Å². The number of unbranched alkanes of at least 4 members (excludes halogenated alkanes) is 3. The summed E-state index contributed by atoms with van der Waals surface area (Å²) in [5.41, 5.74) is 0. The molecule has 226 valence electrons. The van der Waals surface area contributed by atoms with E-state index in [0.717, 1.165) is 0 Å². The first-order chi connectivity index (χ1) is 22.7. The second-order valence-corrected chi connectivity index (χ2v) is 22.2. The Morgan fingerprint density at radius 1 is 0.435 bits per heavy atom. The molecule has 0 aliphatic carbocycles. The highest BCUT2D eigenvalue weighted by molar-refractivity contribution is 7.42. The topological polar surface area (TPSA) is 0 Å². The third-order valence-corrected chi connectivity index (χ3v) is 21.4. The predicted molar refractivity (Wildman–Crippen MR) is 224 cm³/mol. The first kappa shape index (κ1) is 28.2. The van der Waals surface area contributed by atoms with Gasteiger partial charge in [-0.3, -0.25) is 0 Å². The van der Waals surface area contributed by atoms with E-state index in [0.29, 0.717) is 0 Å². The maximum Gasteiger partial charge on any atom is 0.0636 e. The fourth-order valence-corrected chi connectivity index (χ4v) is 19.7. The van der Waals surface area contributed by atoms with Crippen LogP contribution in [0.25, 0.3) is 96.8 Å². The Morgan fingerprint density at radius 2 is 1.02 bits per heavy atom. The highest BCUT2D eigenvalue weighted by Crippen LogP contribution is 2.55. The molecule has 0 radical (unpaired) electrons. The molecule has 0 saturated heterocycles. The van der Waals surface area contributed by atoms with Crippen LogP contribution >= 0.6 is 113 Å². The van der Waals surface area contributed by atoms with Gasteiger partial charge in [-0.05, 0) is 66.1 Å². The van der Waals surface area contributed by atoms with Gasteiger partial charge in [0.15, 0.2) is 0 Å². The molecular formula is C36H22S10. The molecule has 0 N–H and O–H groups in total. The first-order valence-electron chi connectivity index (χ1n) is 15.3. The average molecular weight is 775 g/mol. The predicted octanol–water partition coefficient (Wildman–Crippen LogP) is 17.0. The van der Waals surface area contributed by atoms with Crippen molar-refractivity contribution < 1.29 is 0 Å². The minimum Gasteiger partial charge on any atom is -0.141 e. The SMILES string of the molecule is CCCCCCc1cc2sc3c4cc(-c5cc6sc7ccsc7c6s5)sc4c4sc(-c5cc6sc7ccsc7c6s5)cc4c3c2s1. The van der Waals surface area contributed by atoms with Crippen LogP contribution in [0.2, 0.25) is 0 Å². The quantitative estimate of drug-likeness (QED) is 0.142. The molecule has 11 rings (SSSR count). The van der Waals surface area contributed by atoms with Gasteiger partial charge in [0.1, 0.15) is 0 Å². The number of thiophene rings is 10. The Labute approximate surface area is 304 Å². The number of fused-ring (bicyclic) bond motifs is 14. The van der Waals surface area contributed by atoms with Crippen LogP contribution in [0, 0.1) is 0 Å². The largest absolute Gasteiger partial charge is 0.141 e. The lowest BCUT2D eigenvalue weighted by Gasteiger charge is -1.99. The van der Waals surface area contributed by atoms with E-state index in [-0.39, 0.29) is 0 Å². The van der Waals surface area contributed by atoms with Crippen molar-refractivity contribution in [2.45, 2.75) is 39.0 Å². The summed E-state index contributed by atoms with van der Waals surface area (Å²) in [5, 5.41) is 8.90. The van der Waals surface area contributed by atoms with Crippen molar-refractivity contribution in [2.24, 2.45) is 0 Å². The van der Waals surface area contributed by atoms with Crippen LogP contribution in [-0.4, -0.2) is 0 Å². The van der Waals surface area contributed by atoms with Crippen molar-refractivity contribution in [1.82, 2.24) is 0 Å². The third kappa shape index (κ3) is 4.12. The summed E-state index contributed by atoms with van der Waals surface area (Å²) in [6.45, 7) is 2.30. The summed E-state index contributed by atoms with van der Waals surface area (Å²) in [5.74, 6) is 0. The van der Waals surface area contributed by atoms with Gasteiger partial charge in [-0.25, -0.2) is 0 Å². The second-order valence-electron chi connectivity index (χ2n) is 11.8. The molecule has 0 atom stereocenters. The minimum atomic E-state index is 1.21. The van der Waals surface area contributed by atoms with Gasteiger partial charge in [0, 0.05) is 68.7 Å². The minimum absolute atomic E-state index is 1.21. The van der Waals surface area contributed by atoms with Gasteiger partial charge in [-0.15, -0.1) is 113 Å². The van der Waals surface area contributed by atoms with Gasteiger partial charge in [-0.2, -0.15) is 0 Å². The standard InChI is InChI=1S/C36H22S10/c1-2-3-4-5-6-16-11-25-32(39-16)28-17-12-21(23-14-26-35(44-23)33-19(40-26)7-9-37-33)42-30(17)31-18(29(28)46-25)13-22(43-31)24-15-27-36(45-24)34-20(41-27)8-10-38-34/h7-15H,2-6H2,1H3. The maximum absolute atomic E-state index is 2.55. The van der Waals surface area contributed by atoms with Crippen molar-refractivity contribution in [1.29, 1.82) is 0 Å². The number of hydrogen-bond acceptors (Lipinski definition) is 10. The Bertz CT molecular complexity index is 2920. The summed E-state index contributed by atoms with van der Waals surface area (Å²) in [6.07, 6.45) is 6.50. The molecule has 10 heteroatoms. The lowest BCUT2D eigenvalue weighted by atomic mass is 10.1. The lowest BCUT2D eigenvalue weighted by molar-refractivity contribution is 0.670. The number of aryl methyl sites for hydroxylation is 1. The smallest absolute Gasteiger partial charge is 0.0636 e. The highest BCUT2D eigenvalue weighted by atomic mass is 32.1. The van der Waals surface area contributed by atoms with E-state index in [1.165, 1.54) is 129 Å². The summed E-state index contributed by atoms with van der Waals surface area (Å²) in [7, 11) is 0. The molecule has 11 aromatic rings. The Kier molecular flexibility index (Phi) is 6.52. The van der Waals surface area contributed by atoms with Gasteiger partial charge in [0.2, 0.25) is 0 Å². The molecule has 0 unspecified atom stereocenters. The zero-order valence-corrected chi connectivity index (χ0v) is 32.5. The van der Waals surface area contributed by atoms with E-state index in [1.807, 2.05) is 102 Å². The normalized spacial score (nSPS) is 12.9. The van der Waals surface area contributed by atoms with Crippen molar-refractivity contribution in [2.75, 3.05) is 0 Å². The molecule has 0 amide bonds. The van der Waals surface area contributed by atoms with E-state index in [4.69, 9.17) is 0 Å². The summed E-state index contributed by atoms with van der Waals surface area (Å²) < 4.78 is 19.0. The molecule has 1 aromatic carbocycles. The Hall–Kier alpha value is -1.70. The zero-order chi connectivity index (χ0) is 30.1. The third-order valence-electron chi connectivity index (χ3n) is 8.87. The van der Waals surface area contributed by atoms with Crippen molar-refractivity contribution in [3.8, 4) is 19.5 Å². The lowest BCUT2D eigenvalue weighted by Crippen LogP contribution is -1.80. The average Bonchev–Trinajstić information content (AvgIpc) is 3.87. The van der Waals surface area contributed by atoms with E-state index < -0.39 is 0 Å². The number of benzene rings is 1. The molecule has 46 heavy (non-hydrogen) atoms. The monoisotopic (exact) mass is 774 g/mol. The van der Waals surface area contributed by atoms with Crippen LogP contribution in [-0.2, 0) is 6.42 Å². The summed E-state index contributed by atoms with van der Waals surface area (Å²) in [6, 6.07) is 17.1. The molecule has 0 bridgehead atoms. The highest BCUT2D eigenvalue weighted by Gasteiger charge is 2.23. The first-order valence-corrected chi connectivity index (χ1v) is 23.6. The van der Waals surface area contributed by atoms with Gasteiger partial charge >= 0.3 is 0 Å². The van der Waals surface area contributed by atoms with Crippen LogP contribution < -0.4 is 0 Å². The Morgan fingerprint density at radius 3 is 1.70 bits per heavy atom. The summed E-state index contributed by atoms with van der Waals surface area (Å²) >= 11 is 19.8. The van der Waals surface area contributed by atoms with Crippen LogP contribution in [0.4, 0.5) is 0 Å². The number of hydrogen-bond donors (Lipinski definition) is 0. The molecule has 0 spiro atoms. The van der Waals surface area contributed by atoms with Crippen LogP contribution in [0.1, 0.15) is 37.5 Å². The molecule has 0 nitrogen and oxygen atoms in total. The molecule has 0 saturated carbocycles. The van der Waals surface area contributed by atoms with Crippen molar-refractivity contribution in [3.05, 3.63) is 58.1 Å². The van der Waals surface area contributed by atoms with Gasteiger partial charge in [0.05, 0.1) is 32.9 Å². The van der Waals surface area contributed by atoms with Gasteiger partial charge in [-0.1, -0.05) is 26.2 Å². The maximum atomic E-state index is 2.55. The molecule has 0 aliphatic rings. The molecule has 0 aliphatic heterocycles. The van der Waals surface area contributed by atoms with Crippen molar-refractivity contribution in [3.63, 3.8) is 0 Å². The number of rotatable bonds is 7. The van der Waals surface area contributed by atoms with E-state index >= 15 is 0 Å². The Balaban J connectivity index is 1.13. The molecule has 10 heterocycles.